The van der Waals surface area contributed by atoms with E-state index in [0.29, 0.717) is 5.69 Å². The van der Waals surface area contributed by atoms with Crippen LogP contribution in [0.25, 0.3) is 0 Å². The van der Waals surface area contributed by atoms with Crippen LogP contribution in [0.1, 0.15) is 27.8 Å². The molecule has 1 aliphatic carbocycles. The average Bonchev–Trinajstić information content (AvgIpc) is 2.98. The molecule has 0 N–H and O–H groups in total. The molecule has 2 aromatic rings. The summed E-state index contributed by atoms with van der Waals surface area (Å²) in [5.41, 5.74) is -0.991. The first-order valence-corrected chi connectivity index (χ1v) is 7.08. The predicted molar refractivity (Wildman–Crippen MR) is 82.4 cm³/mol. The Morgan fingerprint density at radius 1 is 0.957 bits per heavy atom. The summed E-state index contributed by atoms with van der Waals surface area (Å²) in [4.78, 5) is 42.6. The number of fused-ring (bicyclic) bond motifs is 1. The Bertz CT molecular complexity index is 867. The van der Waals surface area contributed by atoms with Gasteiger partial charge in [0, 0.05) is 11.8 Å². The van der Waals surface area contributed by atoms with E-state index in [1.165, 1.54) is 19.2 Å². The fourth-order valence-corrected chi connectivity index (χ4v) is 3.10. The first kappa shape index (κ1) is 13.5. The van der Waals surface area contributed by atoms with Crippen molar-refractivity contribution in [2.24, 2.45) is 10.5 Å². The number of amides is 1. The van der Waals surface area contributed by atoms with E-state index in [2.05, 4.69) is 10.1 Å². The molecule has 1 spiro atoms. The third kappa shape index (κ3) is 1.49. The molecule has 0 saturated carbocycles. The van der Waals surface area contributed by atoms with Crippen LogP contribution >= 0.6 is 0 Å². The molecule has 6 nitrogen and oxygen atoms in total. The van der Waals surface area contributed by atoms with Crippen molar-refractivity contribution < 1.29 is 14.4 Å². The second-order valence-corrected chi connectivity index (χ2v) is 5.45. The van der Waals surface area contributed by atoms with Crippen LogP contribution in [0.2, 0.25) is 0 Å². The number of ketones is 2. The quantitative estimate of drug-likeness (QED) is 0.753. The zero-order valence-corrected chi connectivity index (χ0v) is 12.2. The van der Waals surface area contributed by atoms with Gasteiger partial charge in [-0.1, -0.05) is 18.2 Å². The van der Waals surface area contributed by atoms with Crippen LogP contribution in [0, 0.1) is 5.41 Å². The van der Waals surface area contributed by atoms with Crippen molar-refractivity contribution in [3.63, 3.8) is 0 Å². The highest BCUT2D eigenvalue weighted by atomic mass is 16.2. The van der Waals surface area contributed by atoms with Crippen LogP contribution in [-0.4, -0.2) is 28.2 Å². The van der Waals surface area contributed by atoms with Gasteiger partial charge in [0.25, 0.3) is 5.91 Å². The summed E-state index contributed by atoms with van der Waals surface area (Å²) in [5.74, 6) is -1.78. The number of rotatable bonds is 1. The Labute approximate surface area is 131 Å². The topological polar surface area (TPSA) is 79.7 Å². The van der Waals surface area contributed by atoms with Gasteiger partial charge in [-0.3, -0.25) is 19.4 Å². The van der Waals surface area contributed by atoms with Gasteiger partial charge in [0.05, 0.1) is 11.4 Å². The first-order chi connectivity index (χ1) is 11.1. The maximum absolute atomic E-state index is 13.0. The van der Waals surface area contributed by atoms with Gasteiger partial charge < -0.3 is 0 Å². The minimum Gasteiger partial charge on any atom is -0.292 e. The molecule has 0 fully saturated rings. The lowest BCUT2D eigenvalue weighted by Gasteiger charge is -2.19. The molecule has 4 rings (SSSR count). The number of anilines is 1. The highest BCUT2D eigenvalue weighted by Gasteiger charge is 2.65. The fraction of sp³-hybridized carbons (Fsp3) is 0.118. The third-order valence-corrected chi connectivity index (χ3v) is 4.26. The van der Waals surface area contributed by atoms with E-state index in [-0.39, 0.29) is 17.0 Å². The summed E-state index contributed by atoms with van der Waals surface area (Å²) in [6, 6.07) is 11.8. The summed E-state index contributed by atoms with van der Waals surface area (Å²) in [6.07, 6.45) is 1.43. The zero-order chi connectivity index (χ0) is 16.2. The van der Waals surface area contributed by atoms with E-state index < -0.39 is 22.9 Å². The summed E-state index contributed by atoms with van der Waals surface area (Å²) in [5, 5.41) is 5.31. The Morgan fingerprint density at radius 3 is 2.39 bits per heavy atom. The predicted octanol–water partition coefficient (Wildman–Crippen LogP) is 1.87. The lowest BCUT2D eigenvalue weighted by Crippen LogP contribution is -2.47. The summed E-state index contributed by atoms with van der Waals surface area (Å²) < 4.78 is 0. The molecule has 1 atom stereocenters. The largest absolute Gasteiger partial charge is 0.292 e. The normalized spacial score (nSPS) is 22.7. The molecule has 0 radical (unpaired) electrons. The van der Waals surface area contributed by atoms with Gasteiger partial charge in [-0.2, -0.15) is 10.1 Å². The molecule has 1 aromatic heterocycles. The molecule has 2 aliphatic rings. The number of aromatic nitrogens is 1. The number of nitrogens with zero attached hydrogens (tertiary/aromatic N) is 3. The molecule has 1 aromatic carbocycles. The van der Waals surface area contributed by atoms with Crippen LogP contribution < -0.4 is 5.01 Å². The molecular formula is C17H11N3O3. The number of benzene rings is 1. The van der Waals surface area contributed by atoms with Crippen LogP contribution in [0.5, 0.6) is 0 Å². The number of pyridine rings is 1. The zero-order valence-electron chi connectivity index (χ0n) is 12.2. The van der Waals surface area contributed by atoms with Gasteiger partial charge in [0.2, 0.25) is 11.2 Å². The monoisotopic (exact) mass is 305 g/mol. The van der Waals surface area contributed by atoms with Crippen molar-refractivity contribution in [3.05, 3.63) is 59.9 Å². The summed E-state index contributed by atoms with van der Waals surface area (Å²) in [6.45, 7) is 1.53. The van der Waals surface area contributed by atoms with Gasteiger partial charge in [-0.05, 0) is 31.2 Å². The second kappa shape index (κ2) is 4.42. The van der Waals surface area contributed by atoms with E-state index in [1.54, 1.807) is 30.3 Å². The number of hydrogen-bond donors (Lipinski definition) is 0. The van der Waals surface area contributed by atoms with E-state index in [4.69, 9.17) is 0 Å². The standard InChI is InChI=1S/C17H11N3O3/c1-10-17(14(21)12-8-5-9-18-13(12)15(17)22)16(23)20(19-10)11-6-3-2-4-7-11/h2-9H,1H3. The minimum atomic E-state index is -1.90. The van der Waals surface area contributed by atoms with Crippen molar-refractivity contribution in [2.45, 2.75) is 6.92 Å². The lowest BCUT2D eigenvalue weighted by molar-refractivity contribution is -0.120. The molecule has 23 heavy (non-hydrogen) atoms. The van der Waals surface area contributed by atoms with Gasteiger partial charge >= 0.3 is 0 Å². The van der Waals surface area contributed by atoms with Crippen LogP contribution in [-0.2, 0) is 4.79 Å². The minimum absolute atomic E-state index is 0.0373. The Hall–Kier alpha value is -3.15. The van der Waals surface area contributed by atoms with Crippen molar-refractivity contribution >= 4 is 28.9 Å². The number of carbonyl (C=O) groups is 3. The lowest BCUT2D eigenvalue weighted by atomic mass is 9.78. The highest BCUT2D eigenvalue weighted by Crippen LogP contribution is 2.43. The SMILES string of the molecule is CC1=NN(c2ccccc2)C(=O)C12C(=O)c1cccnc1C2=O. The van der Waals surface area contributed by atoms with Crippen LogP contribution in [0.3, 0.4) is 0 Å². The van der Waals surface area contributed by atoms with Gasteiger partial charge in [0.15, 0.2) is 5.78 Å². The van der Waals surface area contributed by atoms with E-state index in [9.17, 15) is 14.4 Å². The molecule has 2 heterocycles. The van der Waals surface area contributed by atoms with E-state index >= 15 is 0 Å². The highest BCUT2D eigenvalue weighted by molar-refractivity contribution is 6.52. The molecule has 1 unspecified atom stereocenters. The molecule has 0 saturated heterocycles. The molecule has 1 amide bonds. The molecule has 112 valence electrons. The third-order valence-electron chi connectivity index (χ3n) is 4.26. The number of para-hydroxylation sites is 1. The smallest absolute Gasteiger partial charge is 0.275 e. The molecule has 1 aliphatic heterocycles. The van der Waals surface area contributed by atoms with Gasteiger partial charge in [-0.15, -0.1) is 0 Å². The van der Waals surface area contributed by atoms with Gasteiger partial charge in [0.1, 0.15) is 5.69 Å². The van der Waals surface area contributed by atoms with Crippen molar-refractivity contribution in [2.75, 3.05) is 5.01 Å². The molecular weight excluding hydrogens is 294 g/mol. The maximum atomic E-state index is 13.0. The van der Waals surface area contributed by atoms with Crippen molar-refractivity contribution in [3.8, 4) is 0 Å². The van der Waals surface area contributed by atoms with E-state index in [1.807, 2.05) is 6.07 Å². The Morgan fingerprint density at radius 2 is 1.70 bits per heavy atom. The number of hydrazone groups is 1. The summed E-state index contributed by atoms with van der Waals surface area (Å²) >= 11 is 0. The van der Waals surface area contributed by atoms with Crippen molar-refractivity contribution in [1.29, 1.82) is 0 Å². The van der Waals surface area contributed by atoms with Crippen LogP contribution in [0.4, 0.5) is 5.69 Å². The number of carbonyl (C=O) groups excluding carboxylic acids is 3. The maximum Gasteiger partial charge on any atom is 0.275 e. The number of Topliss-reactive ketones (excluding diaryl/α,β-unsaturated/α-hetero) is 2. The van der Waals surface area contributed by atoms with Gasteiger partial charge in [-0.25, -0.2) is 0 Å². The molecule has 6 heteroatoms. The first-order valence-electron chi connectivity index (χ1n) is 7.08. The summed E-state index contributed by atoms with van der Waals surface area (Å²) in [7, 11) is 0. The average molecular weight is 305 g/mol. The second-order valence-electron chi connectivity index (χ2n) is 5.45. The fourth-order valence-electron chi connectivity index (χ4n) is 3.10. The molecule has 0 bridgehead atoms. The Balaban J connectivity index is 1.89. The van der Waals surface area contributed by atoms with Crippen molar-refractivity contribution in [1.82, 2.24) is 4.98 Å². The van der Waals surface area contributed by atoms with Crippen LogP contribution in [0.15, 0.2) is 53.8 Å². The Kier molecular flexibility index (Phi) is 2.60. The number of hydrogen-bond acceptors (Lipinski definition) is 5. The van der Waals surface area contributed by atoms with E-state index in [0.717, 1.165) is 5.01 Å².